The molecule has 0 aliphatic rings. The van der Waals surface area contributed by atoms with Crippen LogP contribution in [0.2, 0.25) is 5.02 Å². The Hall–Kier alpha value is -2.15. The third-order valence-corrected chi connectivity index (χ3v) is 3.32. The molecule has 0 saturated carbocycles. The van der Waals surface area contributed by atoms with Gasteiger partial charge >= 0.3 is 6.18 Å². The topological polar surface area (TPSA) is 43.1 Å². The Labute approximate surface area is 122 Å². The Balaban J connectivity index is 2.19. The van der Waals surface area contributed by atoms with Gasteiger partial charge in [-0.3, -0.25) is 0 Å². The molecule has 0 unspecified atom stereocenters. The molecule has 21 heavy (non-hydrogen) atoms. The highest BCUT2D eigenvalue weighted by atomic mass is 35.5. The van der Waals surface area contributed by atoms with Crippen LogP contribution in [0.15, 0.2) is 30.3 Å². The van der Waals surface area contributed by atoms with Gasteiger partial charge in [-0.15, -0.1) is 10.2 Å². The van der Waals surface area contributed by atoms with Crippen molar-refractivity contribution in [3.05, 3.63) is 46.7 Å². The highest BCUT2D eigenvalue weighted by Gasteiger charge is 2.31. The van der Waals surface area contributed by atoms with E-state index in [1.54, 1.807) is 19.1 Å². The van der Waals surface area contributed by atoms with E-state index in [1.165, 1.54) is 10.6 Å². The van der Waals surface area contributed by atoms with E-state index in [0.29, 0.717) is 17.2 Å². The Morgan fingerprint density at radius 2 is 1.86 bits per heavy atom. The molecule has 2 heterocycles. The van der Waals surface area contributed by atoms with Crippen LogP contribution in [0.5, 0.6) is 0 Å². The van der Waals surface area contributed by atoms with Gasteiger partial charge in [-0.05, 0) is 37.3 Å². The van der Waals surface area contributed by atoms with Gasteiger partial charge in [0.1, 0.15) is 0 Å². The average Bonchev–Trinajstić information content (AvgIpc) is 2.79. The predicted molar refractivity (Wildman–Crippen MR) is 71.0 cm³/mol. The van der Waals surface area contributed by atoms with Crippen molar-refractivity contribution in [1.82, 2.24) is 19.8 Å². The summed E-state index contributed by atoms with van der Waals surface area (Å²) in [7, 11) is 0. The summed E-state index contributed by atoms with van der Waals surface area (Å²) in [5.41, 5.74) is 0.270. The predicted octanol–water partition coefficient (Wildman–Crippen LogP) is 3.77. The lowest BCUT2D eigenvalue weighted by Crippen LogP contribution is -2.05. The number of hydrogen-bond acceptors (Lipinski definition) is 3. The van der Waals surface area contributed by atoms with Crippen LogP contribution in [0.1, 0.15) is 11.4 Å². The molecule has 8 heteroatoms. The minimum absolute atomic E-state index is 0.195. The van der Waals surface area contributed by atoms with Gasteiger partial charge in [-0.1, -0.05) is 11.6 Å². The second kappa shape index (κ2) is 4.70. The summed E-state index contributed by atoms with van der Waals surface area (Å²) in [5, 5.41) is 12.1. The molecule has 0 N–H and O–H groups in total. The van der Waals surface area contributed by atoms with Crippen LogP contribution < -0.4 is 0 Å². The quantitative estimate of drug-likeness (QED) is 0.687. The molecule has 108 valence electrons. The first-order valence-electron chi connectivity index (χ1n) is 5.92. The SMILES string of the molecule is Cc1nnc2ccc(-c3cc(C(F)(F)F)ccc3Cl)nn12. The van der Waals surface area contributed by atoms with Crippen LogP contribution in [0.25, 0.3) is 16.9 Å². The standard InChI is InChI=1S/C13H8ClF3N4/c1-7-18-19-12-5-4-11(20-21(7)12)9-6-8(13(15,16)17)2-3-10(9)14/h2-6H,1H3. The summed E-state index contributed by atoms with van der Waals surface area (Å²) in [6.45, 7) is 1.70. The van der Waals surface area contributed by atoms with Gasteiger partial charge in [-0.2, -0.15) is 22.8 Å². The highest BCUT2D eigenvalue weighted by Crippen LogP contribution is 2.35. The average molecular weight is 313 g/mol. The summed E-state index contributed by atoms with van der Waals surface area (Å²) in [5.74, 6) is 0.537. The zero-order valence-electron chi connectivity index (χ0n) is 10.7. The first kappa shape index (κ1) is 13.8. The molecule has 0 atom stereocenters. The number of rotatable bonds is 1. The largest absolute Gasteiger partial charge is 0.416 e. The number of alkyl halides is 3. The van der Waals surface area contributed by atoms with E-state index in [-0.39, 0.29) is 10.6 Å². The summed E-state index contributed by atoms with van der Waals surface area (Å²) in [4.78, 5) is 0. The maximum Gasteiger partial charge on any atom is 0.416 e. The number of nitrogens with zero attached hydrogens (tertiary/aromatic N) is 4. The van der Waals surface area contributed by atoms with Crippen molar-refractivity contribution in [2.75, 3.05) is 0 Å². The molecule has 3 aromatic rings. The lowest BCUT2D eigenvalue weighted by Gasteiger charge is -2.10. The maximum absolute atomic E-state index is 12.8. The zero-order chi connectivity index (χ0) is 15.2. The molecule has 0 fully saturated rings. The smallest absolute Gasteiger partial charge is 0.197 e. The number of fused-ring (bicyclic) bond motifs is 1. The minimum atomic E-state index is -4.43. The minimum Gasteiger partial charge on any atom is -0.197 e. The van der Waals surface area contributed by atoms with Crippen LogP contribution in [0.4, 0.5) is 13.2 Å². The monoisotopic (exact) mass is 312 g/mol. The fourth-order valence-electron chi connectivity index (χ4n) is 1.94. The van der Waals surface area contributed by atoms with Gasteiger partial charge in [0.05, 0.1) is 16.3 Å². The molecule has 1 aromatic carbocycles. The van der Waals surface area contributed by atoms with Gasteiger partial charge < -0.3 is 0 Å². The van der Waals surface area contributed by atoms with Crippen molar-refractivity contribution in [3.8, 4) is 11.3 Å². The Morgan fingerprint density at radius 1 is 1.10 bits per heavy atom. The van der Waals surface area contributed by atoms with Crippen LogP contribution in [-0.4, -0.2) is 19.8 Å². The fourth-order valence-corrected chi connectivity index (χ4v) is 2.15. The van der Waals surface area contributed by atoms with Crippen molar-refractivity contribution < 1.29 is 13.2 Å². The Morgan fingerprint density at radius 3 is 2.57 bits per heavy atom. The number of halogens is 4. The van der Waals surface area contributed by atoms with Gasteiger partial charge in [0, 0.05) is 5.56 Å². The molecule has 0 saturated heterocycles. The van der Waals surface area contributed by atoms with Crippen molar-refractivity contribution in [1.29, 1.82) is 0 Å². The van der Waals surface area contributed by atoms with E-state index in [4.69, 9.17) is 11.6 Å². The van der Waals surface area contributed by atoms with E-state index >= 15 is 0 Å². The summed E-state index contributed by atoms with van der Waals surface area (Å²) in [6, 6.07) is 6.32. The van der Waals surface area contributed by atoms with E-state index in [9.17, 15) is 13.2 Å². The Bertz CT molecular complexity index is 826. The fraction of sp³-hybridized carbons (Fsp3) is 0.154. The van der Waals surface area contributed by atoms with E-state index in [2.05, 4.69) is 15.3 Å². The molecule has 0 bridgehead atoms. The van der Waals surface area contributed by atoms with E-state index in [1.807, 2.05) is 0 Å². The van der Waals surface area contributed by atoms with Gasteiger partial charge in [-0.25, -0.2) is 0 Å². The Kier molecular flexibility index (Phi) is 3.09. The van der Waals surface area contributed by atoms with Crippen LogP contribution in [0, 0.1) is 6.92 Å². The molecule has 4 nitrogen and oxygen atoms in total. The van der Waals surface area contributed by atoms with Crippen molar-refractivity contribution >= 4 is 17.2 Å². The van der Waals surface area contributed by atoms with Gasteiger partial charge in [0.25, 0.3) is 0 Å². The zero-order valence-corrected chi connectivity index (χ0v) is 11.4. The second-order valence-electron chi connectivity index (χ2n) is 4.43. The lowest BCUT2D eigenvalue weighted by molar-refractivity contribution is -0.137. The lowest BCUT2D eigenvalue weighted by atomic mass is 10.1. The molecule has 2 aromatic heterocycles. The molecule has 3 rings (SSSR count). The van der Waals surface area contributed by atoms with Crippen molar-refractivity contribution in [3.63, 3.8) is 0 Å². The van der Waals surface area contributed by atoms with Crippen LogP contribution >= 0.6 is 11.6 Å². The van der Waals surface area contributed by atoms with Crippen molar-refractivity contribution in [2.45, 2.75) is 13.1 Å². The van der Waals surface area contributed by atoms with E-state index in [0.717, 1.165) is 12.1 Å². The van der Waals surface area contributed by atoms with Crippen molar-refractivity contribution in [2.24, 2.45) is 0 Å². The number of hydrogen-bond donors (Lipinski definition) is 0. The van der Waals surface area contributed by atoms with E-state index < -0.39 is 11.7 Å². The number of benzene rings is 1. The van der Waals surface area contributed by atoms with Crippen LogP contribution in [-0.2, 0) is 6.18 Å². The third kappa shape index (κ3) is 2.44. The maximum atomic E-state index is 12.8. The van der Waals surface area contributed by atoms with Gasteiger partial charge in [0.15, 0.2) is 11.5 Å². The molecule has 0 aliphatic carbocycles. The summed E-state index contributed by atoms with van der Waals surface area (Å²) in [6.07, 6.45) is -4.43. The molecular weight excluding hydrogens is 305 g/mol. The normalized spacial score (nSPS) is 12.0. The first-order valence-corrected chi connectivity index (χ1v) is 6.30. The summed E-state index contributed by atoms with van der Waals surface area (Å²) < 4.78 is 39.8. The molecule has 0 radical (unpaired) electrons. The number of aromatic nitrogens is 4. The molecule has 0 spiro atoms. The van der Waals surface area contributed by atoms with Crippen LogP contribution in [0.3, 0.4) is 0 Å². The molecule has 0 aliphatic heterocycles. The summed E-state index contributed by atoms with van der Waals surface area (Å²) >= 11 is 6.00. The molecular formula is C13H8ClF3N4. The molecule has 0 amide bonds. The van der Waals surface area contributed by atoms with Gasteiger partial charge in [0.2, 0.25) is 0 Å². The third-order valence-electron chi connectivity index (χ3n) is 2.99. The second-order valence-corrected chi connectivity index (χ2v) is 4.84. The first-order chi connectivity index (χ1) is 9.86. The highest BCUT2D eigenvalue weighted by molar-refractivity contribution is 6.33. The number of aryl methyl sites for hydroxylation is 1.